The molecule has 1 saturated heterocycles. The Bertz CT molecular complexity index is 839. The summed E-state index contributed by atoms with van der Waals surface area (Å²) in [5.74, 6) is 1.34. The highest BCUT2D eigenvalue weighted by Gasteiger charge is 2.29. The molecule has 2 aliphatic rings. The fraction of sp³-hybridized carbons (Fsp3) is 0.474. The summed E-state index contributed by atoms with van der Waals surface area (Å²) in [6.45, 7) is 4.48. The van der Waals surface area contributed by atoms with Crippen LogP contribution in [0.5, 0.6) is 0 Å². The normalized spacial score (nSPS) is 18.7. The molecular weight excluding hydrogens is 330 g/mol. The predicted molar refractivity (Wildman–Crippen MR) is 98.2 cm³/mol. The van der Waals surface area contributed by atoms with Gasteiger partial charge in [-0.25, -0.2) is 9.67 Å². The Morgan fingerprint density at radius 3 is 2.54 bits per heavy atom. The Hall–Kier alpha value is -2.70. The van der Waals surface area contributed by atoms with E-state index in [1.807, 2.05) is 23.1 Å². The van der Waals surface area contributed by atoms with Crippen LogP contribution in [0, 0.1) is 0 Å². The van der Waals surface area contributed by atoms with Gasteiger partial charge >= 0.3 is 0 Å². The number of hydrogen-bond acceptors (Lipinski definition) is 5. The quantitative estimate of drug-likeness (QED) is 0.831. The maximum atomic E-state index is 12.9. The largest absolute Gasteiger partial charge is 0.353 e. The first-order chi connectivity index (χ1) is 12.6. The molecule has 2 fully saturated rings. The Kier molecular flexibility index (Phi) is 4.44. The zero-order valence-electron chi connectivity index (χ0n) is 14.9. The summed E-state index contributed by atoms with van der Waals surface area (Å²) in [7, 11) is 0. The van der Waals surface area contributed by atoms with Gasteiger partial charge in [0, 0.05) is 44.4 Å². The highest BCUT2D eigenvalue weighted by Crippen LogP contribution is 2.38. The van der Waals surface area contributed by atoms with Crippen LogP contribution in [0.1, 0.15) is 37.4 Å². The second kappa shape index (κ2) is 6.90. The van der Waals surface area contributed by atoms with Gasteiger partial charge in [0.15, 0.2) is 0 Å². The van der Waals surface area contributed by atoms with Crippen molar-refractivity contribution in [2.24, 2.45) is 0 Å². The molecule has 1 unspecified atom stereocenters. The van der Waals surface area contributed by atoms with Crippen LogP contribution in [0.4, 0.5) is 5.82 Å². The molecule has 2 aromatic heterocycles. The first-order valence-corrected chi connectivity index (χ1v) is 9.18. The molecule has 1 aliphatic heterocycles. The summed E-state index contributed by atoms with van der Waals surface area (Å²) in [5, 5.41) is 4.45. The third-order valence-corrected chi connectivity index (χ3v) is 5.13. The maximum Gasteiger partial charge on any atom is 0.267 e. The van der Waals surface area contributed by atoms with Crippen LogP contribution in [0.25, 0.3) is 0 Å². The van der Waals surface area contributed by atoms with Crippen LogP contribution in [-0.4, -0.2) is 51.8 Å². The molecule has 0 bridgehead atoms. The monoisotopic (exact) mass is 353 g/mol. The molecule has 1 amide bonds. The molecule has 2 aromatic rings. The molecule has 0 aromatic carbocycles. The average Bonchev–Trinajstić information content (AvgIpc) is 3.53. The third-order valence-electron chi connectivity index (χ3n) is 5.13. The average molecular weight is 353 g/mol. The van der Waals surface area contributed by atoms with E-state index in [1.54, 1.807) is 19.2 Å². The number of rotatable bonds is 4. The molecule has 7 heteroatoms. The summed E-state index contributed by atoms with van der Waals surface area (Å²) in [6, 6.07) is 8.58. The second-order valence-electron chi connectivity index (χ2n) is 6.99. The number of hydrogen-bond donors (Lipinski definition) is 0. The van der Waals surface area contributed by atoms with Crippen molar-refractivity contribution in [2.75, 3.05) is 31.1 Å². The van der Waals surface area contributed by atoms with Gasteiger partial charge in [-0.3, -0.25) is 9.59 Å². The van der Waals surface area contributed by atoms with Gasteiger partial charge in [-0.05, 0) is 38.0 Å². The molecule has 0 radical (unpaired) electrons. The smallest absolute Gasteiger partial charge is 0.267 e. The van der Waals surface area contributed by atoms with Gasteiger partial charge in [-0.1, -0.05) is 6.07 Å². The highest BCUT2D eigenvalue weighted by molar-refractivity contribution is 5.80. The van der Waals surface area contributed by atoms with Crippen molar-refractivity contribution in [3.05, 3.63) is 52.6 Å². The van der Waals surface area contributed by atoms with Crippen LogP contribution in [0.3, 0.4) is 0 Å². The Balaban J connectivity index is 1.43. The lowest BCUT2D eigenvalue weighted by Gasteiger charge is -2.36. The van der Waals surface area contributed by atoms with Crippen LogP contribution < -0.4 is 10.5 Å². The maximum absolute atomic E-state index is 12.9. The Labute approximate surface area is 152 Å². The van der Waals surface area contributed by atoms with Gasteiger partial charge in [0.2, 0.25) is 5.91 Å². The van der Waals surface area contributed by atoms with E-state index >= 15 is 0 Å². The molecule has 0 N–H and O–H groups in total. The van der Waals surface area contributed by atoms with Crippen LogP contribution >= 0.6 is 0 Å². The Morgan fingerprint density at radius 1 is 1.12 bits per heavy atom. The van der Waals surface area contributed by atoms with E-state index in [2.05, 4.69) is 15.0 Å². The van der Waals surface area contributed by atoms with E-state index in [0.717, 1.165) is 37.4 Å². The molecular formula is C19H23N5O2. The summed E-state index contributed by atoms with van der Waals surface area (Å²) in [6.07, 6.45) is 4.01. The van der Waals surface area contributed by atoms with Gasteiger partial charge in [0.25, 0.3) is 5.56 Å². The molecule has 1 saturated carbocycles. The van der Waals surface area contributed by atoms with E-state index < -0.39 is 6.04 Å². The highest BCUT2D eigenvalue weighted by atomic mass is 16.2. The van der Waals surface area contributed by atoms with Crippen LogP contribution in [0.2, 0.25) is 0 Å². The lowest BCUT2D eigenvalue weighted by molar-refractivity contribution is -0.135. The first kappa shape index (κ1) is 16.8. The molecule has 136 valence electrons. The van der Waals surface area contributed by atoms with E-state index in [-0.39, 0.29) is 11.5 Å². The third kappa shape index (κ3) is 3.34. The Morgan fingerprint density at radius 2 is 1.88 bits per heavy atom. The summed E-state index contributed by atoms with van der Waals surface area (Å²) < 4.78 is 1.35. The SMILES string of the molecule is CC(C(=O)N1CCN(c2ccccn2)CC1)n1nc(C2CC2)ccc1=O. The van der Waals surface area contributed by atoms with Crippen molar-refractivity contribution in [2.45, 2.75) is 31.7 Å². The molecule has 0 spiro atoms. The van der Waals surface area contributed by atoms with E-state index in [0.29, 0.717) is 19.0 Å². The number of amides is 1. The number of carbonyl (C=O) groups is 1. The standard InChI is InChI=1S/C19H23N5O2/c1-14(24-18(25)8-7-16(21-24)15-5-6-15)19(26)23-12-10-22(11-13-23)17-4-2-3-9-20-17/h2-4,7-9,14-15H,5-6,10-13H2,1H3. The minimum absolute atomic E-state index is 0.0479. The van der Waals surface area contributed by atoms with Crippen LogP contribution in [-0.2, 0) is 4.79 Å². The van der Waals surface area contributed by atoms with E-state index in [9.17, 15) is 9.59 Å². The fourth-order valence-electron chi connectivity index (χ4n) is 3.38. The fourth-order valence-corrected chi connectivity index (χ4v) is 3.38. The number of carbonyl (C=O) groups excluding carboxylic acids is 1. The van der Waals surface area contributed by atoms with Crippen molar-refractivity contribution in [3.63, 3.8) is 0 Å². The number of pyridine rings is 1. The lowest BCUT2D eigenvalue weighted by atomic mass is 10.2. The van der Waals surface area contributed by atoms with Gasteiger partial charge in [-0.2, -0.15) is 5.10 Å². The minimum atomic E-state index is -0.581. The second-order valence-corrected chi connectivity index (χ2v) is 6.99. The van der Waals surface area contributed by atoms with Crippen molar-refractivity contribution >= 4 is 11.7 Å². The van der Waals surface area contributed by atoms with Crippen molar-refractivity contribution < 1.29 is 4.79 Å². The number of anilines is 1. The van der Waals surface area contributed by atoms with E-state index in [1.165, 1.54) is 10.7 Å². The topological polar surface area (TPSA) is 71.3 Å². The van der Waals surface area contributed by atoms with Crippen molar-refractivity contribution in [3.8, 4) is 0 Å². The van der Waals surface area contributed by atoms with E-state index in [4.69, 9.17) is 0 Å². The van der Waals surface area contributed by atoms with Gasteiger partial charge < -0.3 is 9.80 Å². The van der Waals surface area contributed by atoms with Crippen molar-refractivity contribution in [1.29, 1.82) is 0 Å². The molecule has 3 heterocycles. The molecule has 4 rings (SSSR count). The van der Waals surface area contributed by atoms with Gasteiger partial charge in [0.1, 0.15) is 11.9 Å². The minimum Gasteiger partial charge on any atom is -0.353 e. The zero-order chi connectivity index (χ0) is 18.1. The first-order valence-electron chi connectivity index (χ1n) is 9.18. The van der Waals surface area contributed by atoms with Gasteiger partial charge in [0.05, 0.1) is 5.69 Å². The molecule has 1 atom stereocenters. The summed E-state index contributed by atoms with van der Waals surface area (Å²) in [4.78, 5) is 33.4. The van der Waals surface area contributed by atoms with Gasteiger partial charge in [-0.15, -0.1) is 0 Å². The number of nitrogens with zero attached hydrogens (tertiary/aromatic N) is 5. The summed E-state index contributed by atoms with van der Waals surface area (Å²) in [5.41, 5.74) is 0.701. The zero-order valence-corrected chi connectivity index (χ0v) is 14.9. The number of piperazine rings is 1. The van der Waals surface area contributed by atoms with Crippen LogP contribution in [0.15, 0.2) is 41.3 Å². The summed E-state index contributed by atoms with van der Waals surface area (Å²) >= 11 is 0. The number of aromatic nitrogens is 3. The lowest BCUT2D eigenvalue weighted by Crippen LogP contribution is -2.51. The molecule has 7 nitrogen and oxygen atoms in total. The predicted octanol–water partition coefficient (Wildman–Crippen LogP) is 1.43. The van der Waals surface area contributed by atoms with Crippen molar-refractivity contribution in [1.82, 2.24) is 19.7 Å². The molecule has 1 aliphatic carbocycles. The molecule has 26 heavy (non-hydrogen) atoms.